The van der Waals surface area contributed by atoms with Crippen molar-refractivity contribution in [1.29, 1.82) is 0 Å². The molecule has 4 aromatic carbocycles. The first kappa shape index (κ1) is 29.9. The highest BCUT2D eigenvalue weighted by Gasteiger charge is 2.20. The average molecular weight is 634 g/mol. The van der Waals surface area contributed by atoms with E-state index in [-0.39, 0.29) is 5.78 Å². The van der Waals surface area contributed by atoms with Gasteiger partial charge in [-0.3, -0.25) is 4.79 Å². The molecule has 1 aliphatic rings. The van der Waals surface area contributed by atoms with Gasteiger partial charge in [-0.05, 0) is 79.7 Å². The highest BCUT2D eigenvalue weighted by atomic mass is 35.5. The van der Waals surface area contributed by atoms with Gasteiger partial charge >= 0.3 is 0 Å². The molecule has 0 radical (unpaired) electrons. The fraction of sp³-hybridized carbons (Fsp3) is 0.275. The number of hydrogen-bond acceptors (Lipinski definition) is 1. The van der Waals surface area contributed by atoms with Crippen molar-refractivity contribution in [2.24, 2.45) is 0 Å². The summed E-state index contributed by atoms with van der Waals surface area (Å²) in [5.41, 5.74) is 4.15. The second-order valence-corrected chi connectivity index (χ2v) is 13.1. The Morgan fingerprint density at radius 3 is 1.51 bits per heavy atom. The standard InChI is InChI=1S/C40H38Cl2N2O/c1-3-5-24-43-34(30-14-8-12-28-32(41)18-22-36(43)38(28)30)20-16-26-10-7-11-27(40(26)45)17-21-35-31-15-9-13-29-33(42)19-23-37(39(29)31)44(35)25-6-4-2/h8-9,12-23H,3-7,10-11,24-25H2,1-2H3/b26-16+,27-17?,34-20+,35-21?. The smallest absolute Gasteiger partial charge is 0.184 e. The Morgan fingerprint density at radius 1 is 0.622 bits per heavy atom. The fourth-order valence-electron chi connectivity index (χ4n) is 7.19. The van der Waals surface area contributed by atoms with Crippen LogP contribution in [0.2, 0.25) is 10.0 Å². The molecule has 0 N–H and O–H groups in total. The number of nitrogens with zero attached hydrogens (tertiary/aromatic N) is 2. The van der Waals surface area contributed by atoms with E-state index in [0.29, 0.717) is 0 Å². The van der Waals surface area contributed by atoms with Gasteiger partial charge in [0, 0.05) is 77.2 Å². The number of aryl methyl sites for hydroxylation is 2. The lowest BCUT2D eigenvalue weighted by atomic mass is 9.88. The summed E-state index contributed by atoms with van der Waals surface area (Å²) in [4.78, 5) is 13.9. The maximum atomic E-state index is 13.9. The molecule has 3 nitrogen and oxygen atoms in total. The Bertz CT molecular complexity index is 2100. The third kappa shape index (κ3) is 5.20. The molecule has 228 valence electrons. The molecule has 0 saturated heterocycles. The molecular weight excluding hydrogens is 595 g/mol. The summed E-state index contributed by atoms with van der Waals surface area (Å²) in [6, 6.07) is 21.0. The number of hydrogen-bond donors (Lipinski definition) is 0. The number of aromatic nitrogens is 2. The number of carbonyl (C=O) groups excluding carboxylic acids is 1. The summed E-state index contributed by atoms with van der Waals surface area (Å²) in [5.74, 6) is 0.156. The van der Waals surface area contributed by atoms with Crippen LogP contribution in [0.25, 0.3) is 55.5 Å². The number of rotatable bonds is 8. The van der Waals surface area contributed by atoms with Gasteiger partial charge in [0.15, 0.2) is 5.78 Å². The maximum absolute atomic E-state index is 13.9. The number of Topliss-reactive ketones (excluding diaryl/α,β-unsaturated/α-hetero) is 1. The van der Waals surface area contributed by atoms with Crippen molar-refractivity contribution >= 4 is 84.5 Å². The first-order valence-electron chi connectivity index (χ1n) is 16.4. The molecule has 0 spiro atoms. The van der Waals surface area contributed by atoms with E-state index in [1.165, 1.54) is 32.6 Å². The van der Waals surface area contributed by atoms with E-state index in [1.807, 2.05) is 12.1 Å². The van der Waals surface area contributed by atoms with Gasteiger partial charge in [-0.15, -0.1) is 0 Å². The highest BCUT2D eigenvalue weighted by molar-refractivity contribution is 6.37. The number of allylic oxidation sites excluding steroid dienone is 4. The van der Waals surface area contributed by atoms with E-state index in [9.17, 15) is 4.79 Å². The molecule has 6 aromatic rings. The molecule has 0 unspecified atom stereocenters. The first-order chi connectivity index (χ1) is 22.0. The Hall–Kier alpha value is -3.79. The van der Waals surface area contributed by atoms with Crippen LogP contribution in [0.1, 0.15) is 58.8 Å². The summed E-state index contributed by atoms with van der Waals surface area (Å²) in [5, 5.41) is 10.8. The van der Waals surface area contributed by atoms with Crippen molar-refractivity contribution in [3.63, 3.8) is 0 Å². The van der Waals surface area contributed by atoms with Crippen molar-refractivity contribution in [3.05, 3.63) is 105 Å². The monoisotopic (exact) mass is 632 g/mol. The summed E-state index contributed by atoms with van der Waals surface area (Å²) < 4.78 is 4.80. The Labute approximate surface area is 274 Å². The van der Waals surface area contributed by atoms with Crippen molar-refractivity contribution in [2.75, 3.05) is 0 Å². The second-order valence-electron chi connectivity index (χ2n) is 12.3. The maximum Gasteiger partial charge on any atom is 0.184 e. The minimum Gasteiger partial charge on any atom is -0.340 e. The van der Waals surface area contributed by atoms with E-state index < -0.39 is 0 Å². The second kappa shape index (κ2) is 12.5. The van der Waals surface area contributed by atoms with Crippen LogP contribution >= 0.6 is 23.2 Å². The fourth-order valence-corrected chi connectivity index (χ4v) is 7.63. The molecule has 7 rings (SSSR count). The van der Waals surface area contributed by atoms with Gasteiger partial charge in [-0.2, -0.15) is 0 Å². The highest BCUT2D eigenvalue weighted by Crippen LogP contribution is 2.33. The summed E-state index contributed by atoms with van der Waals surface area (Å²) in [7, 11) is 0. The van der Waals surface area contributed by atoms with Gasteiger partial charge in [0.1, 0.15) is 0 Å². The van der Waals surface area contributed by atoms with Gasteiger partial charge in [0.05, 0.1) is 0 Å². The van der Waals surface area contributed by atoms with Crippen LogP contribution < -0.4 is 10.7 Å². The predicted molar refractivity (Wildman–Crippen MR) is 193 cm³/mol. The number of carbonyl (C=O) groups is 1. The van der Waals surface area contributed by atoms with Crippen LogP contribution in [-0.4, -0.2) is 14.9 Å². The molecule has 0 amide bonds. The number of halogens is 2. The van der Waals surface area contributed by atoms with Crippen LogP contribution in [0, 0.1) is 0 Å². The molecule has 0 aliphatic heterocycles. The molecule has 1 fully saturated rings. The summed E-state index contributed by atoms with van der Waals surface area (Å²) in [6.07, 6.45) is 15.4. The Kier molecular flexibility index (Phi) is 8.33. The zero-order valence-electron chi connectivity index (χ0n) is 26.0. The van der Waals surface area contributed by atoms with E-state index in [2.05, 4.69) is 95.8 Å². The van der Waals surface area contributed by atoms with Crippen LogP contribution in [0.5, 0.6) is 0 Å². The predicted octanol–water partition coefficient (Wildman–Crippen LogP) is 10.1. The molecule has 45 heavy (non-hydrogen) atoms. The van der Waals surface area contributed by atoms with Crippen LogP contribution in [0.3, 0.4) is 0 Å². The molecule has 1 aliphatic carbocycles. The molecule has 2 aromatic heterocycles. The molecule has 0 atom stereocenters. The Balaban J connectivity index is 1.32. The summed E-state index contributed by atoms with van der Waals surface area (Å²) in [6.45, 7) is 6.30. The minimum atomic E-state index is 0.156. The van der Waals surface area contributed by atoms with Gasteiger partial charge in [0.25, 0.3) is 0 Å². The van der Waals surface area contributed by atoms with Gasteiger partial charge in [-0.1, -0.05) is 98.4 Å². The molecule has 5 heteroatoms. The van der Waals surface area contributed by atoms with E-state index in [1.54, 1.807) is 0 Å². The summed E-state index contributed by atoms with van der Waals surface area (Å²) >= 11 is 13.2. The largest absolute Gasteiger partial charge is 0.340 e. The average Bonchev–Trinajstić information content (AvgIpc) is 3.53. The van der Waals surface area contributed by atoms with Gasteiger partial charge in [0.2, 0.25) is 0 Å². The van der Waals surface area contributed by atoms with Gasteiger partial charge in [-0.25, -0.2) is 0 Å². The lowest BCUT2D eigenvalue weighted by Gasteiger charge is -2.15. The molecule has 2 heterocycles. The van der Waals surface area contributed by atoms with Crippen LogP contribution in [0.15, 0.2) is 84.0 Å². The van der Waals surface area contributed by atoms with Crippen LogP contribution in [-0.2, 0) is 17.9 Å². The minimum absolute atomic E-state index is 0.156. The Morgan fingerprint density at radius 2 is 1.07 bits per heavy atom. The lowest BCUT2D eigenvalue weighted by molar-refractivity contribution is -0.113. The molecule has 1 saturated carbocycles. The number of unbranched alkanes of at least 4 members (excludes halogenated alkanes) is 2. The van der Waals surface area contributed by atoms with E-state index in [0.717, 1.165) is 101 Å². The zero-order valence-corrected chi connectivity index (χ0v) is 27.5. The zero-order chi connectivity index (χ0) is 31.1. The molecular formula is C40H38Cl2N2O. The number of ketones is 1. The molecule has 0 bridgehead atoms. The van der Waals surface area contributed by atoms with Crippen molar-refractivity contribution < 1.29 is 4.79 Å². The van der Waals surface area contributed by atoms with Crippen molar-refractivity contribution in [3.8, 4) is 0 Å². The van der Waals surface area contributed by atoms with E-state index >= 15 is 0 Å². The topological polar surface area (TPSA) is 26.9 Å². The van der Waals surface area contributed by atoms with Gasteiger partial charge < -0.3 is 9.13 Å². The first-order valence-corrected chi connectivity index (χ1v) is 17.1. The van der Waals surface area contributed by atoms with Crippen molar-refractivity contribution in [1.82, 2.24) is 9.13 Å². The lowest BCUT2D eigenvalue weighted by Crippen LogP contribution is -2.18. The van der Waals surface area contributed by atoms with E-state index in [4.69, 9.17) is 23.2 Å². The third-order valence-corrected chi connectivity index (χ3v) is 10.1. The quantitative estimate of drug-likeness (QED) is 0.153. The van der Waals surface area contributed by atoms with Crippen molar-refractivity contribution in [2.45, 2.75) is 71.9 Å². The van der Waals surface area contributed by atoms with Crippen LogP contribution in [0.4, 0.5) is 0 Å². The normalized spacial score (nSPS) is 17.1. The SMILES string of the molecule is CCCCn1c(=CC=C2CCC/C(=C\C=c3/c4cccc5c(Cl)ccc(c54)n3CCCC)C2=O)c2cccc3c(Cl)ccc1c32. The third-order valence-electron chi connectivity index (χ3n) is 9.48. The number of benzene rings is 4.